The number of pyridine rings is 2. The third-order valence-corrected chi connectivity index (χ3v) is 6.08. The standard InChI is InChI=1S/C25H24N2O7/c1-12-22(30)20-15(10-27-12)11-34-25(20)18-8-16(13(2)28)23(31)21(24(18)32)17(9-19(29)33-3)14-4-6-26-7-5-14/h4-8,10,17,25,30-32H,9,11H2,1-3H3/t17-,25-/m0/s1. The minimum absolute atomic E-state index is 0.0124. The number of rotatable bonds is 6. The Hall–Kier alpha value is -3.98. The second kappa shape index (κ2) is 9.11. The van der Waals surface area contributed by atoms with Crippen LogP contribution in [0.1, 0.15) is 69.2 Å². The minimum atomic E-state index is -0.912. The number of carbonyl (C=O) groups is 2. The molecule has 3 heterocycles. The molecule has 0 spiro atoms. The molecule has 1 aliphatic heterocycles. The van der Waals surface area contributed by atoms with Crippen LogP contribution in [0.15, 0.2) is 36.8 Å². The number of hydrogen-bond acceptors (Lipinski definition) is 9. The highest BCUT2D eigenvalue weighted by atomic mass is 16.5. The molecule has 4 rings (SSSR count). The maximum absolute atomic E-state index is 12.5. The number of aromatic nitrogens is 2. The zero-order chi connectivity index (χ0) is 24.6. The van der Waals surface area contributed by atoms with E-state index in [0.717, 1.165) is 0 Å². The van der Waals surface area contributed by atoms with Crippen LogP contribution < -0.4 is 0 Å². The summed E-state index contributed by atoms with van der Waals surface area (Å²) in [7, 11) is 1.24. The molecular formula is C25H24N2O7. The van der Waals surface area contributed by atoms with E-state index in [0.29, 0.717) is 22.4 Å². The van der Waals surface area contributed by atoms with Gasteiger partial charge in [-0.25, -0.2) is 0 Å². The van der Waals surface area contributed by atoms with Crippen molar-refractivity contribution in [1.29, 1.82) is 0 Å². The molecule has 176 valence electrons. The SMILES string of the molecule is COC(=O)C[C@@H](c1ccncc1)c1c(O)c(C(C)=O)cc([C@@H]2OCc3cnc(C)c(O)c32)c1O. The van der Waals surface area contributed by atoms with E-state index in [1.807, 2.05) is 0 Å². The Morgan fingerprint density at radius 1 is 1.18 bits per heavy atom. The van der Waals surface area contributed by atoms with Crippen LogP contribution >= 0.6 is 0 Å². The van der Waals surface area contributed by atoms with E-state index in [2.05, 4.69) is 9.97 Å². The summed E-state index contributed by atoms with van der Waals surface area (Å²) >= 11 is 0. The first-order valence-corrected chi connectivity index (χ1v) is 10.6. The molecule has 2 aromatic heterocycles. The smallest absolute Gasteiger partial charge is 0.306 e. The van der Waals surface area contributed by atoms with E-state index in [-0.39, 0.29) is 41.2 Å². The summed E-state index contributed by atoms with van der Waals surface area (Å²) in [6, 6.07) is 4.65. The highest BCUT2D eigenvalue weighted by Gasteiger charge is 2.36. The number of benzene rings is 1. The Kier molecular flexibility index (Phi) is 6.21. The van der Waals surface area contributed by atoms with Crippen LogP contribution in [0.4, 0.5) is 0 Å². The molecule has 0 saturated heterocycles. The number of phenols is 2. The van der Waals surface area contributed by atoms with Gasteiger partial charge in [-0.3, -0.25) is 19.6 Å². The van der Waals surface area contributed by atoms with Crippen LogP contribution in [0, 0.1) is 6.92 Å². The van der Waals surface area contributed by atoms with Gasteiger partial charge in [-0.2, -0.15) is 0 Å². The van der Waals surface area contributed by atoms with Crippen LogP contribution in [-0.2, 0) is 20.9 Å². The van der Waals surface area contributed by atoms with Crippen molar-refractivity contribution < 1.29 is 34.4 Å². The summed E-state index contributed by atoms with van der Waals surface area (Å²) in [4.78, 5) is 32.9. The Morgan fingerprint density at radius 3 is 2.53 bits per heavy atom. The number of fused-ring (bicyclic) bond motifs is 1. The highest BCUT2D eigenvalue weighted by Crippen LogP contribution is 2.50. The zero-order valence-electron chi connectivity index (χ0n) is 18.9. The third kappa shape index (κ3) is 3.94. The maximum atomic E-state index is 12.5. The zero-order valence-corrected chi connectivity index (χ0v) is 18.9. The van der Waals surface area contributed by atoms with E-state index in [1.165, 1.54) is 32.5 Å². The Bertz CT molecular complexity index is 1270. The molecule has 34 heavy (non-hydrogen) atoms. The van der Waals surface area contributed by atoms with Crippen molar-refractivity contribution >= 4 is 11.8 Å². The first-order chi connectivity index (χ1) is 16.2. The Morgan fingerprint density at radius 2 is 1.88 bits per heavy atom. The van der Waals surface area contributed by atoms with Gasteiger partial charge in [-0.05, 0) is 37.6 Å². The molecule has 9 heteroatoms. The van der Waals surface area contributed by atoms with Crippen molar-refractivity contribution in [2.75, 3.05) is 7.11 Å². The monoisotopic (exact) mass is 464 g/mol. The normalized spacial score (nSPS) is 15.6. The summed E-state index contributed by atoms with van der Waals surface area (Å²) in [6.45, 7) is 3.07. The van der Waals surface area contributed by atoms with Crippen molar-refractivity contribution in [3.8, 4) is 17.2 Å². The lowest BCUT2D eigenvalue weighted by Gasteiger charge is -2.24. The molecular weight excluding hydrogens is 440 g/mol. The fourth-order valence-corrected chi connectivity index (χ4v) is 4.30. The van der Waals surface area contributed by atoms with Crippen molar-refractivity contribution in [2.24, 2.45) is 0 Å². The van der Waals surface area contributed by atoms with Crippen molar-refractivity contribution in [3.05, 3.63) is 75.9 Å². The largest absolute Gasteiger partial charge is 0.507 e. The molecule has 1 aromatic carbocycles. The maximum Gasteiger partial charge on any atom is 0.306 e. The van der Waals surface area contributed by atoms with Crippen LogP contribution in [0.2, 0.25) is 0 Å². The second-order valence-corrected chi connectivity index (χ2v) is 8.12. The first kappa shape index (κ1) is 23.2. The number of carbonyl (C=O) groups excluding carboxylic acids is 2. The molecule has 9 nitrogen and oxygen atoms in total. The van der Waals surface area contributed by atoms with E-state index in [9.17, 15) is 24.9 Å². The van der Waals surface area contributed by atoms with Crippen LogP contribution in [0.5, 0.6) is 17.2 Å². The molecule has 0 fully saturated rings. The molecule has 1 aliphatic rings. The molecule has 0 unspecified atom stereocenters. The topological polar surface area (TPSA) is 139 Å². The van der Waals surface area contributed by atoms with Crippen LogP contribution in [-0.4, -0.2) is 44.1 Å². The first-order valence-electron chi connectivity index (χ1n) is 10.6. The molecule has 0 saturated carbocycles. The Labute approximate surface area is 195 Å². The van der Waals surface area contributed by atoms with E-state index in [4.69, 9.17) is 9.47 Å². The summed E-state index contributed by atoms with van der Waals surface area (Å²) in [5.41, 5.74) is 2.17. The summed E-state index contributed by atoms with van der Waals surface area (Å²) in [5, 5.41) is 33.2. The number of hydrogen-bond donors (Lipinski definition) is 3. The lowest BCUT2D eigenvalue weighted by atomic mass is 9.83. The van der Waals surface area contributed by atoms with Gasteiger partial charge in [-0.1, -0.05) is 0 Å². The fourth-order valence-electron chi connectivity index (χ4n) is 4.30. The van der Waals surface area contributed by atoms with Gasteiger partial charge in [0.25, 0.3) is 0 Å². The number of ether oxygens (including phenoxy) is 2. The number of Topliss-reactive ketones (excluding diaryl/α,β-unsaturated/α-hetero) is 1. The van der Waals surface area contributed by atoms with Gasteiger partial charge in [0.15, 0.2) is 5.78 Å². The number of aryl methyl sites for hydroxylation is 1. The molecule has 0 bridgehead atoms. The molecule has 3 N–H and O–H groups in total. The summed E-state index contributed by atoms with van der Waals surface area (Å²) in [6.07, 6.45) is 3.51. The summed E-state index contributed by atoms with van der Waals surface area (Å²) < 4.78 is 10.7. The van der Waals surface area contributed by atoms with Gasteiger partial charge >= 0.3 is 5.97 Å². The second-order valence-electron chi connectivity index (χ2n) is 8.12. The highest BCUT2D eigenvalue weighted by molar-refractivity contribution is 5.98. The number of esters is 1. The predicted octanol–water partition coefficient (Wildman–Crippen LogP) is 3.42. The molecule has 0 aliphatic carbocycles. The number of nitrogens with zero attached hydrogens (tertiary/aromatic N) is 2. The average Bonchev–Trinajstić information content (AvgIpc) is 3.25. The van der Waals surface area contributed by atoms with E-state index >= 15 is 0 Å². The van der Waals surface area contributed by atoms with Gasteiger partial charge in [0.1, 0.15) is 23.4 Å². The average molecular weight is 464 g/mol. The van der Waals surface area contributed by atoms with Crippen LogP contribution in [0.25, 0.3) is 0 Å². The van der Waals surface area contributed by atoms with Crippen molar-refractivity contribution in [3.63, 3.8) is 0 Å². The van der Waals surface area contributed by atoms with Gasteiger partial charge < -0.3 is 24.8 Å². The molecule has 2 atom stereocenters. The summed E-state index contributed by atoms with van der Waals surface area (Å²) in [5.74, 6) is -2.72. The number of methoxy groups -OCH3 is 1. The van der Waals surface area contributed by atoms with Crippen molar-refractivity contribution in [2.45, 2.75) is 38.9 Å². The van der Waals surface area contributed by atoms with Gasteiger partial charge in [0.05, 0.1) is 31.4 Å². The number of ketones is 1. The number of aromatic hydroxyl groups is 3. The lowest BCUT2D eigenvalue weighted by Crippen LogP contribution is -2.13. The van der Waals surface area contributed by atoms with E-state index in [1.54, 1.807) is 25.3 Å². The van der Waals surface area contributed by atoms with Gasteiger partial charge in [-0.15, -0.1) is 0 Å². The van der Waals surface area contributed by atoms with E-state index < -0.39 is 29.5 Å². The molecule has 0 amide bonds. The molecule has 3 aromatic rings. The third-order valence-electron chi connectivity index (χ3n) is 6.08. The Balaban J connectivity index is 1.98. The lowest BCUT2D eigenvalue weighted by molar-refractivity contribution is -0.140. The quantitative estimate of drug-likeness (QED) is 0.370. The number of phenolic OH excluding ortho intramolecular Hbond substituents is 2. The predicted molar refractivity (Wildman–Crippen MR) is 120 cm³/mol. The minimum Gasteiger partial charge on any atom is -0.507 e. The van der Waals surface area contributed by atoms with Gasteiger partial charge in [0.2, 0.25) is 0 Å². The van der Waals surface area contributed by atoms with Crippen LogP contribution in [0.3, 0.4) is 0 Å². The van der Waals surface area contributed by atoms with Gasteiger partial charge in [0, 0.05) is 46.8 Å². The molecule has 0 radical (unpaired) electrons. The fraction of sp³-hybridized carbons (Fsp3) is 0.280. The van der Waals surface area contributed by atoms with Crippen molar-refractivity contribution in [1.82, 2.24) is 9.97 Å².